The van der Waals surface area contributed by atoms with E-state index < -0.39 is 23.8 Å². The molecule has 2 aliphatic heterocycles. The highest BCUT2D eigenvalue weighted by Crippen LogP contribution is 2.33. The van der Waals surface area contributed by atoms with Crippen LogP contribution in [0, 0.1) is 5.92 Å². The van der Waals surface area contributed by atoms with Crippen LogP contribution >= 0.6 is 0 Å². The Labute approximate surface area is 169 Å². The zero-order valence-corrected chi connectivity index (χ0v) is 16.2. The third-order valence-electron chi connectivity index (χ3n) is 5.28. The van der Waals surface area contributed by atoms with Crippen LogP contribution in [-0.2, 0) is 27.3 Å². The first kappa shape index (κ1) is 19.0. The SMILES string of the molecule is CCOC(=O)[C@@H]1C(=O)NC(N2CCc3ccccc3C2)=N[C@@H]1c1cccc(O)c1. The van der Waals surface area contributed by atoms with E-state index in [9.17, 15) is 14.7 Å². The number of fused-ring (bicyclic) bond motifs is 1. The van der Waals surface area contributed by atoms with E-state index in [0.717, 1.165) is 6.42 Å². The summed E-state index contributed by atoms with van der Waals surface area (Å²) in [6, 6.07) is 13.9. The Morgan fingerprint density at radius 1 is 1.24 bits per heavy atom. The summed E-state index contributed by atoms with van der Waals surface area (Å²) in [4.78, 5) is 32.1. The number of esters is 1. The average Bonchev–Trinajstić information content (AvgIpc) is 2.73. The van der Waals surface area contributed by atoms with Gasteiger partial charge in [-0.1, -0.05) is 36.4 Å². The Morgan fingerprint density at radius 3 is 2.79 bits per heavy atom. The van der Waals surface area contributed by atoms with Crippen molar-refractivity contribution in [3.05, 3.63) is 65.2 Å². The second-order valence-corrected chi connectivity index (χ2v) is 7.15. The number of ether oxygens (including phenoxy) is 1. The first-order chi connectivity index (χ1) is 14.1. The zero-order valence-electron chi connectivity index (χ0n) is 16.2. The lowest BCUT2D eigenvalue weighted by atomic mass is 9.91. The third kappa shape index (κ3) is 3.81. The first-order valence-electron chi connectivity index (χ1n) is 9.72. The number of amides is 1. The number of nitrogens with one attached hydrogen (secondary N) is 1. The highest BCUT2D eigenvalue weighted by atomic mass is 16.5. The van der Waals surface area contributed by atoms with E-state index in [1.807, 2.05) is 17.0 Å². The molecule has 2 aliphatic rings. The molecule has 0 unspecified atom stereocenters. The number of hydrogen-bond acceptors (Lipinski definition) is 6. The van der Waals surface area contributed by atoms with Gasteiger partial charge in [0, 0.05) is 13.1 Å². The molecule has 2 atom stereocenters. The van der Waals surface area contributed by atoms with E-state index in [-0.39, 0.29) is 12.4 Å². The lowest BCUT2D eigenvalue weighted by Gasteiger charge is -2.36. The molecule has 7 heteroatoms. The third-order valence-corrected chi connectivity index (χ3v) is 5.28. The number of aliphatic imine (C=N–C) groups is 1. The van der Waals surface area contributed by atoms with Gasteiger partial charge < -0.3 is 14.7 Å². The van der Waals surface area contributed by atoms with Gasteiger partial charge in [-0.05, 0) is 42.2 Å². The summed E-state index contributed by atoms with van der Waals surface area (Å²) in [6.07, 6.45) is 0.850. The van der Waals surface area contributed by atoms with Gasteiger partial charge in [0.2, 0.25) is 11.9 Å². The monoisotopic (exact) mass is 393 g/mol. The van der Waals surface area contributed by atoms with Crippen LogP contribution in [-0.4, -0.2) is 41.0 Å². The van der Waals surface area contributed by atoms with Crippen molar-refractivity contribution in [2.24, 2.45) is 10.9 Å². The molecular formula is C22H23N3O4. The van der Waals surface area contributed by atoms with Crippen LogP contribution in [0.3, 0.4) is 0 Å². The summed E-state index contributed by atoms with van der Waals surface area (Å²) < 4.78 is 5.12. The lowest BCUT2D eigenvalue weighted by molar-refractivity contribution is -0.153. The lowest BCUT2D eigenvalue weighted by Crippen LogP contribution is -2.53. The van der Waals surface area contributed by atoms with Crippen molar-refractivity contribution < 1.29 is 19.4 Å². The minimum absolute atomic E-state index is 0.0553. The second kappa shape index (κ2) is 7.95. The molecule has 0 fully saturated rings. The van der Waals surface area contributed by atoms with Crippen molar-refractivity contribution in [3.63, 3.8) is 0 Å². The normalized spacial score (nSPS) is 21.1. The van der Waals surface area contributed by atoms with Crippen LogP contribution in [0.15, 0.2) is 53.5 Å². The van der Waals surface area contributed by atoms with Gasteiger partial charge in [0.15, 0.2) is 5.92 Å². The highest BCUT2D eigenvalue weighted by Gasteiger charge is 2.42. The van der Waals surface area contributed by atoms with Gasteiger partial charge in [0.1, 0.15) is 11.8 Å². The van der Waals surface area contributed by atoms with Crippen LogP contribution in [0.4, 0.5) is 0 Å². The molecule has 1 amide bonds. The number of phenols is 1. The van der Waals surface area contributed by atoms with Crippen molar-refractivity contribution in [1.29, 1.82) is 0 Å². The Balaban J connectivity index is 1.69. The molecule has 0 aromatic heterocycles. The Morgan fingerprint density at radius 2 is 2.03 bits per heavy atom. The largest absolute Gasteiger partial charge is 0.508 e. The molecule has 0 spiro atoms. The van der Waals surface area contributed by atoms with Gasteiger partial charge in [-0.3, -0.25) is 14.9 Å². The van der Waals surface area contributed by atoms with Crippen molar-refractivity contribution >= 4 is 17.8 Å². The van der Waals surface area contributed by atoms with E-state index in [2.05, 4.69) is 17.4 Å². The predicted octanol–water partition coefficient (Wildman–Crippen LogP) is 2.16. The van der Waals surface area contributed by atoms with Crippen molar-refractivity contribution in [3.8, 4) is 5.75 Å². The Bertz CT molecular complexity index is 972. The van der Waals surface area contributed by atoms with Crippen LogP contribution in [0.5, 0.6) is 5.75 Å². The molecule has 0 saturated heterocycles. The molecule has 2 aromatic rings. The fourth-order valence-electron chi connectivity index (χ4n) is 3.85. The summed E-state index contributed by atoms with van der Waals surface area (Å²) in [7, 11) is 0. The van der Waals surface area contributed by atoms with E-state index in [0.29, 0.717) is 24.6 Å². The molecule has 150 valence electrons. The first-order valence-corrected chi connectivity index (χ1v) is 9.72. The number of carbonyl (C=O) groups excluding carboxylic acids is 2. The molecule has 7 nitrogen and oxygen atoms in total. The van der Waals surface area contributed by atoms with Gasteiger partial charge in [0.25, 0.3) is 0 Å². The molecule has 0 saturated carbocycles. The number of aromatic hydroxyl groups is 1. The van der Waals surface area contributed by atoms with Gasteiger partial charge in [0.05, 0.1) is 6.61 Å². The number of benzene rings is 2. The van der Waals surface area contributed by atoms with E-state index >= 15 is 0 Å². The fraction of sp³-hybridized carbons (Fsp3) is 0.318. The van der Waals surface area contributed by atoms with Gasteiger partial charge in [-0.2, -0.15) is 0 Å². The van der Waals surface area contributed by atoms with E-state index in [1.54, 1.807) is 19.1 Å². The quantitative estimate of drug-likeness (QED) is 0.616. The van der Waals surface area contributed by atoms with Crippen LogP contribution in [0.25, 0.3) is 0 Å². The molecule has 0 radical (unpaired) electrons. The topological polar surface area (TPSA) is 91.2 Å². The maximum atomic E-state index is 12.9. The molecule has 0 aliphatic carbocycles. The molecule has 0 bridgehead atoms. The maximum absolute atomic E-state index is 12.9. The summed E-state index contributed by atoms with van der Waals surface area (Å²) in [6.45, 7) is 3.22. The fourth-order valence-corrected chi connectivity index (χ4v) is 3.85. The zero-order chi connectivity index (χ0) is 20.4. The van der Waals surface area contributed by atoms with Gasteiger partial charge in [-0.25, -0.2) is 4.99 Å². The van der Waals surface area contributed by atoms with Gasteiger partial charge in [-0.15, -0.1) is 0 Å². The molecule has 2 heterocycles. The molecule has 2 N–H and O–H groups in total. The minimum atomic E-state index is -1.10. The van der Waals surface area contributed by atoms with E-state index in [4.69, 9.17) is 9.73 Å². The van der Waals surface area contributed by atoms with Crippen molar-refractivity contribution in [2.45, 2.75) is 25.9 Å². The number of phenolic OH excluding ortho intramolecular Hbond substituents is 1. The minimum Gasteiger partial charge on any atom is -0.508 e. The highest BCUT2D eigenvalue weighted by molar-refractivity contribution is 6.08. The Hall–Kier alpha value is -3.35. The van der Waals surface area contributed by atoms with Crippen molar-refractivity contribution in [1.82, 2.24) is 10.2 Å². The summed E-state index contributed by atoms with van der Waals surface area (Å²) in [5.41, 5.74) is 3.07. The number of guanidine groups is 1. The van der Waals surface area contributed by atoms with E-state index in [1.165, 1.54) is 23.3 Å². The maximum Gasteiger partial charge on any atom is 0.321 e. The molecule has 29 heavy (non-hydrogen) atoms. The molecular weight excluding hydrogens is 370 g/mol. The second-order valence-electron chi connectivity index (χ2n) is 7.15. The standard InChI is InChI=1S/C22H23N3O4/c1-2-29-21(28)18-19(15-8-5-9-17(26)12-15)23-22(24-20(18)27)25-11-10-14-6-3-4-7-16(14)13-25/h3-9,12,18-19,26H,2,10-11,13H2,1H3,(H,23,24,27)/t18-,19+/m0/s1. The van der Waals surface area contributed by atoms with Crippen molar-refractivity contribution in [2.75, 3.05) is 13.2 Å². The average molecular weight is 393 g/mol. The summed E-state index contributed by atoms with van der Waals surface area (Å²) in [5.74, 6) is -1.67. The predicted molar refractivity (Wildman–Crippen MR) is 107 cm³/mol. The number of carbonyl (C=O) groups is 2. The van der Waals surface area contributed by atoms with Crippen LogP contribution in [0.2, 0.25) is 0 Å². The summed E-state index contributed by atoms with van der Waals surface area (Å²) >= 11 is 0. The van der Waals surface area contributed by atoms with Crippen LogP contribution in [0.1, 0.15) is 29.7 Å². The van der Waals surface area contributed by atoms with Crippen LogP contribution < -0.4 is 5.32 Å². The smallest absolute Gasteiger partial charge is 0.321 e. The van der Waals surface area contributed by atoms with Gasteiger partial charge >= 0.3 is 5.97 Å². The number of nitrogens with zero attached hydrogens (tertiary/aromatic N) is 2. The number of hydrogen-bond donors (Lipinski definition) is 2. The molecule has 2 aromatic carbocycles. The summed E-state index contributed by atoms with van der Waals surface area (Å²) in [5, 5.41) is 12.7. The Kier molecular flexibility index (Phi) is 5.20. The molecule has 4 rings (SSSR count). The number of rotatable bonds is 3.